The second-order valence-corrected chi connectivity index (χ2v) is 6.07. The van der Waals surface area contributed by atoms with Crippen molar-refractivity contribution in [3.63, 3.8) is 0 Å². The third-order valence-corrected chi connectivity index (χ3v) is 4.38. The van der Waals surface area contributed by atoms with Gasteiger partial charge in [-0.1, -0.05) is 11.2 Å². The predicted octanol–water partition coefficient (Wildman–Crippen LogP) is 3.05. The zero-order valence-corrected chi connectivity index (χ0v) is 14.5. The van der Waals surface area contributed by atoms with Gasteiger partial charge in [0.25, 0.3) is 0 Å². The number of ketones is 1. The Kier molecular flexibility index (Phi) is 4.04. The molecule has 7 heteroatoms. The van der Waals surface area contributed by atoms with Crippen molar-refractivity contribution < 1.29 is 13.9 Å². The predicted molar refractivity (Wildman–Crippen MR) is 94.5 cm³/mol. The standard InChI is InChI=1S/C19H18N4O3/c1-13-10-16(14(2)23(13)11-15-6-5-9-25-15)17(24)12-26-19-21-20-18-7-3-4-8-22(18)19/h3-10H,11-12H2,1-2H3. The fourth-order valence-corrected chi connectivity index (χ4v) is 3.01. The molecule has 0 amide bonds. The van der Waals surface area contributed by atoms with Gasteiger partial charge in [0.05, 0.1) is 12.8 Å². The van der Waals surface area contributed by atoms with Gasteiger partial charge in [0.2, 0.25) is 5.78 Å². The minimum absolute atomic E-state index is 0.0965. The summed E-state index contributed by atoms with van der Waals surface area (Å²) in [5, 5.41) is 7.99. The molecule has 4 aromatic rings. The summed E-state index contributed by atoms with van der Waals surface area (Å²) in [6.45, 7) is 4.39. The summed E-state index contributed by atoms with van der Waals surface area (Å²) in [6.07, 6.45) is 3.44. The average molecular weight is 350 g/mol. The molecule has 0 unspecified atom stereocenters. The summed E-state index contributed by atoms with van der Waals surface area (Å²) < 4.78 is 14.8. The molecule has 0 atom stereocenters. The molecule has 26 heavy (non-hydrogen) atoms. The third kappa shape index (κ3) is 2.88. The van der Waals surface area contributed by atoms with Gasteiger partial charge < -0.3 is 13.7 Å². The lowest BCUT2D eigenvalue weighted by atomic mass is 10.1. The lowest BCUT2D eigenvalue weighted by Crippen LogP contribution is -2.14. The van der Waals surface area contributed by atoms with Crippen molar-refractivity contribution in [3.8, 4) is 6.01 Å². The topological polar surface area (TPSA) is 74.6 Å². The first kappa shape index (κ1) is 16.1. The van der Waals surface area contributed by atoms with Crippen LogP contribution in [0.4, 0.5) is 0 Å². The largest absolute Gasteiger partial charge is 0.467 e. The van der Waals surface area contributed by atoms with Crippen LogP contribution in [0.2, 0.25) is 0 Å². The van der Waals surface area contributed by atoms with E-state index in [1.54, 1.807) is 16.9 Å². The molecule has 4 aromatic heterocycles. The van der Waals surface area contributed by atoms with Crippen LogP contribution in [0.1, 0.15) is 27.5 Å². The molecule has 4 heterocycles. The van der Waals surface area contributed by atoms with E-state index in [1.807, 2.05) is 50.2 Å². The van der Waals surface area contributed by atoms with Crippen LogP contribution >= 0.6 is 0 Å². The van der Waals surface area contributed by atoms with Gasteiger partial charge in [0, 0.05) is 23.1 Å². The molecular weight excluding hydrogens is 332 g/mol. The average Bonchev–Trinajstić information content (AvgIpc) is 3.36. The van der Waals surface area contributed by atoms with Crippen LogP contribution in [0, 0.1) is 13.8 Å². The maximum atomic E-state index is 12.6. The van der Waals surface area contributed by atoms with E-state index in [-0.39, 0.29) is 12.4 Å². The Morgan fingerprint density at radius 3 is 2.88 bits per heavy atom. The fraction of sp³-hybridized carbons (Fsp3) is 0.211. The highest BCUT2D eigenvalue weighted by Crippen LogP contribution is 2.19. The first-order chi connectivity index (χ1) is 12.6. The molecule has 0 aliphatic rings. The molecule has 0 aliphatic heterocycles. The number of Topliss-reactive ketones (excluding diaryl/α,β-unsaturated/α-hetero) is 1. The van der Waals surface area contributed by atoms with Crippen molar-refractivity contribution >= 4 is 11.4 Å². The number of furan rings is 1. The molecule has 0 bridgehead atoms. The number of nitrogens with zero attached hydrogens (tertiary/aromatic N) is 4. The molecule has 0 saturated carbocycles. The molecule has 0 aromatic carbocycles. The summed E-state index contributed by atoms with van der Waals surface area (Å²) in [5.74, 6) is 0.744. The van der Waals surface area contributed by atoms with Gasteiger partial charge in [-0.2, -0.15) is 0 Å². The Balaban J connectivity index is 1.51. The number of aromatic nitrogens is 4. The zero-order valence-electron chi connectivity index (χ0n) is 14.5. The van der Waals surface area contributed by atoms with Crippen LogP contribution in [0.5, 0.6) is 6.01 Å². The molecule has 0 fully saturated rings. The Hall–Kier alpha value is -3.35. The quantitative estimate of drug-likeness (QED) is 0.500. The van der Waals surface area contributed by atoms with E-state index in [0.717, 1.165) is 17.1 Å². The van der Waals surface area contributed by atoms with E-state index in [2.05, 4.69) is 14.8 Å². The zero-order chi connectivity index (χ0) is 18.1. The normalized spacial score (nSPS) is 11.2. The summed E-state index contributed by atoms with van der Waals surface area (Å²) in [7, 11) is 0. The summed E-state index contributed by atoms with van der Waals surface area (Å²) in [5.41, 5.74) is 3.20. The maximum absolute atomic E-state index is 12.6. The Morgan fingerprint density at radius 2 is 2.08 bits per heavy atom. The van der Waals surface area contributed by atoms with Crippen molar-refractivity contribution in [1.29, 1.82) is 0 Å². The van der Waals surface area contributed by atoms with Crippen LogP contribution < -0.4 is 4.74 Å². The summed E-state index contributed by atoms with van der Waals surface area (Å²) >= 11 is 0. The Morgan fingerprint density at radius 1 is 1.19 bits per heavy atom. The lowest BCUT2D eigenvalue weighted by Gasteiger charge is -2.08. The molecule has 4 rings (SSSR count). The van der Waals surface area contributed by atoms with Crippen molar-refractivity contribution in [2.45, 2.75) is 20.4 Å². The number of rotatable bonds is 6. The number of fused-ring (bicyclic) bond motifs is 1. The maximum Gasteiger partial charge on any atom is 0.321 e. The molecular formula is C19H18N4O3. The molecule has 0 aliphatic carbocycles. The van der Waals surface area contributed by atoms with Crippen molar-refractivity contribution in [3.05, 3.63) is 71.6 Å². The molecule has 0 N–H and O–H groups in total. The van der Waals surface area contributed by atoms with Gasteiger partial charge in [-0.15, -0.1) is 5.10 Å². The highest BCUT2D eigenvalue weighted by Gasteiger charge is 2.18. The number of hydrogen-bond acceptors (Lipinski definition) is 5. The van der Waals surface area contributed by atoms with Crippen molar-refractivity contribution in [1.82, 2.24) is 19.2 Å². The highest BCUT2D eigenvalue weighted by atomic mass is 16.5. The van der Waals surface area contributed by atoms with E-state index in [1.165, 1.54) is 0 Å². The van der Waals surface area contributed by atoms with Crippen LogP contribution in [0.25, 0.3) is 5.65 Å². The van der Waals surface area contributed by atoms with Gasteiger partial charge in [-0.25, -0.2) is 0 Å². The minimum Gasteiger partial charge on any atom is -0.467 e. The Labute approximate surface area is 149 Å². The highest BCUT2D eigenvalue weighted by molar-refractivity contribution is 5.98. The SMILES string of the molecule is Cc1cc(C(=O)COc2nnc3ccccn23)c(C)n1Cc1ccco1. The lowest BCUT2D eigenvalue weighted by molar-refractivity contribution is 0.0912. The first-order valence-corrected chi connectivity index (χ1v) is 8.28. The van der Waals surface area contributed by atoms with Gasteiger partial charge in [0.15, 0.2) is 12.3 Å². The molecule has 0 saturated heterocycles. The Bertz CT molecular complexity index is 1060. The van der Waals surface area contributed by atoms with Crippen LogP contribution in [-0.4, -0.2) is 31.6 Å². The van der Waals surface area contributed by atoms with Crippen LogP contribution in [0.15, 0.2) is 53.3 Å². The van der Waals surface area contributed by atoms with Gasteiger partial charge in [-0.3, -0.25) is 9.20 Å². The van der Waals surface area contributed by atoms with Gasteiger partial charge >= 0.3 is 6.01 Å². The minimum atomic E-state index is -0.100. The second kappa shape index (κ2) is 6.51. The van der Waals surface area contributed by atoms with E-state index >= 15 is 0 Å². The van der Waals surface area contributed by atoms with Gasteiger partial charge in [-0.05, 0) is 44.2 Å². The van der Waals surface area contributed by atoms with Crippen molar-refractivity contribution in [2.24, 2.45) is 0 Å². The number of pyridine rings is 1. The van der Waals surface area contributed by atoms with E-state index in [9.17, 15) is 4.79 Å². The smallest absolute Gasteiger partial charge is 0.321 e. The number of ether oxygens (including phenoxy) is 1. The fourth-order valence-electron chi connectivity index (χ4n) is 3.01. The summed E-state index contributed by atoms with van der Waals surface area (Å²) in [6, 6.07) is 11.5. The number of aryl methyl sites for hydroxylation is 1. The molecule has 0 radical (unpaired) electrons. The van der Waals surface area contributed by atoms with Crippen LogP contribution in [0.3, 0.4) is 0 Å². The van der Waals surface area contributed by atoms with E-state index in [4.69, 9.17) is 9.15 Å². The molecule has 0 spiro atoms. The van der Waals surface area contributed by atoms with Crippen LogP contribution in [-0.2, 0) is 6.54 Å². The van der Waals surface area contributed by atoms with E-state index < -0.39 is 0 Å². The molecule has 7 nitrogen and oxygen atoms in total. The summed E-state index contributed by atoms with van der Waals surface area (Å²) in [4.78, 5) is 12.6. The molecule has 132 valence electrons. The number of hydrogen-bond donors (Lipinski definition) is 0. The number of carbonyl (C=O) groups excluding carboxylic acids is 1. The van der Waals surface area contributed by atoms with Crippen molar-refractivity contribution in [2.75, 3.05) is 6.61 Å². The third-order valence-electron chi connectivity index (χ3n) is 4.38. The van der Waals surface area contributed by atoms with E-state index in [0.29, 0.717) is 23.8 Å². The van der Waals surface area contributed by atoms with Gasteiger partial charge in [0.1, 0.15) is 5.76 Å². The second-order valence-electron chi connectivity index (χ2n) is 6.07. The first-order valence-electron chi connectivity index (χ1n) is 8.28. The monoisotopic (exact) mass is 350 g/mol. The number of carbonyl (C=O) groups is 1.